The molecule has 2 aromatic heterocycles. The number of nitrogens with zero attached hydrogens (tertiary/aromatic N) is 5. The van der Waals surface area contributed by atoms with Crippen molar-refractivity contribution in [2.45, 2.75) is 16.4 Å². The molecule has 2 heterocycles. The van der Waals surface area contributed by atoms with Gasteiger partial charge in [0.25, 0.3) is 11.5 Å². The van der Waals surface area contributed by atoms with Crippen LogP contribution >= 0.6 is 27.7 Å². The molecule has 0 aliphatic heterocycles. The van der Waals surface area contributed by atoms with Crippen molar-refractivity contribution in [3.05, 3.63) is 32.7 Å². The van der Waals surface area contributed by atoms with Gasteiger partial charge in [-0.15, -0.1) is 10.2 Å². The van der Waals surface area contributed by atoms with Crippen LogP contribution in [0.5, 0.6) is 0 Å². The maximum Gasteiger partial charge on any atom is 0.453 e. The van der Waals surface area contributed by atoms with E-state index in [1.54, 1.807) is 0 Å². The molecule has 112 valence electrons. The second-order valence-electron chi connectivity index (χ2n) is 3.51. The standard InChI is InChI=1S/C8H4BrF3N6O2S/c9-4-1-3(18(19)20)2-14-5(4)21-7-16-15-6(17(7)13)8(10,11)12/h1-2H,13H2. The summed E-state index contributed by atoms with van der Waals surface area (Å²) in [5.41, 5.74) is -0.267. The lowest BCUT2D eigenvalue weighted by molar-refractivity contribution is -0.385. The van der Waals surface area contributed by atoms with Gasteiger partial charge in [-0.2, -0.15) is 13.2 Å². The molecular formula is C8H4BrF3N6O2S. The van der Waals surface area contributed by atoms with E-state index < -0.39 is 16.9 Å². The van der Waals surface area contributed by atoms with Gasteiger partial charge in [0.1, 0.15) is 11.2 Å². The minimum Gasteiger partial charge on any atom is -0.335 e. The first-order valence-electron chi connectivity index (χ1n) is 4.95. The second kappa shape index (κ2) is 5.48. The molecule has 2 N–H and O–H groups in total. The Kier molecular flexibility index (Phi) is 4.04. The van der Waals surface area contributed by atoms with Crippen LogP contribution in [0, 0.1) is 10.1 Å². The molecule has 0 unspecified atom stereocenters. The van der Waals surface area contributed by atoms with Gasteiger partial charge in [0, 0.05) is 6.07 Å². The second-order valence-corrected chi connectivity index (χ2v) is 5.32. The van der Waals surface area contributed by atoms with Gasteiger partial charge in [0.2, 0.25) is 5.16 Å². The summed E-state index contributed by atoms with van der Waals surface area (Å²) in [6, 6.07) is 1.16. The Hall–Kier alpha value is -1.89. The quantitative estimate of drug-likeness (QED) is 0.490. The number of hydrogen-bond acceptors (Lipinski definition) is 7. The van der Waals surface area contributed by atoms with Crippen LogP contribution in [-0.2, 0) is 6.18 Å². The maximum absolute atomic E-state index is 12.5. The summed E-state index contributed by atoms with van der Waals surface area (Å²) in [6.45, 7) is 0. The van der Waals surface area contributed by atoms with E-state index in [1.807, 2.05) is 0 Å². The molecule has 0 bridgehead atoms. The highest BCUT2D eigenvalue weighted by Gasteiger charge is 2.38. The first-order valence-corrected chi connectivity index (χ1v) is 6.56. The van der Waals surface area contributed by atoms with Gasteiger partial charge in [-0.05, 0) is 27.7 Å². The highest BCUT2D eigenvalue weighted by atomic mass is 79.9. The SMILES string of the molecule is Nn1c(Sc2ncc([N+](=O)[O-])cc2Br)nnc1C(F)(F)F. The summed E-state index contributed by atoms with van der Waals surface area (Å²) >= 11 is 3.72. The number of nitrogens with two attached hydrogens (primary N) is 1. The molecule has 0 saturated heterocycles. The van der Waals surface area contributed by atoms with Crippen LogP contribution in [0.4, 0.5) is 18.9 Å². The van der Waals surface area contributed by atoms with Crippen molar-refractivity contribution in [3.8, 4) is 0 Å². The molecule has 21 heavy (non-hydrogen) atoms. The Morgan fingerprint density at radius 1 is 1.43 bits per heavy atom. The molecule has 0 fully saturated rings. The van der Waals surface area contributed by atoms with Crippen molar-refractivity contribution in [1.29, 1.82) is 0 Å². The summed E-state index contributed by atoms with van der Waals surface area (Å²) in [4.78, 5) is 13.7. The van der Waals surface area contributed by atoms with Crippen LogP contribution in [0.15, 0.2) is 26.9 Å². The zero-order valence-electron chi connectivity index (χ0n) is 9.70. The topological polar surface area (TPSA) is 113 Å². The van der Waals surface area contributed by atoms with E-state index in [2.05, 4.69) is 31.1 Å². The zero-order chi connectivity index (χ0) is 15.8. The Morgan fingerprint density at radius 2 is 2.10 bits per heavy atom. The van der Waals surface area contributed by atoms with Crippen molar-refractivity contribution in [2.24, 2.45) is 0 Å². The fraction of sp³-hybridized carbons (Fsp3) is 0.125. The summed E-state index contributed by atoms with van der Waals surface area (Å²) < 4.78 is 38.0. The molecule has 0 saturated carbocycles. The third-order valence-corrected chi connectivity index (χ3v) is 3.96. The number of alkyl halides is 3. The molecule has 0 spiro atoms. The third kappa shape index (κ3) is 3.24. The zero-order valence-corrected chi connectivity index (χ0v) is 12.1. The van der Waals surface area contributed by atoms with Gasteiger partial charge in [-0.25, -0.2) is 9.66 Å². The Labute approximate surface area is 126 Å². The summed E-state index contributed by atoms with van der Waals surface area (Å²) in [6.07, 6.45) is -3.77. The molecule has 0 aliphatic rings. The number of hydrogen-bond donors (Lipinski definition) is 1. The van der Waals surface area contributed by atoms with Crippen molar-refractivity contribution in [3.63, 3.8) is 0 Å². The van der Waals surface area contributed by atoms with Crippen molar-refractivity contribution in [1.82, 2.24) is 19.9 Å². The fourth-order valence-corrected chi connectivity index (χ4v) is 2.50. The largest absolute Gasteiger partial charge is 0.453 e. The number of aromatic nitrogens is 4. The Balaban J connectivity index is 2.31. The summed E-state index contributed by atoms with van der Waals surface area (Å²) in [5, 5.41) is 16.7. The van der Waals surface area contributed by atoms with E-state index in [-0.39, 0.29) is 25.0 Å². The van der Waals surface area contributed by atoms with Gasteiger partial charge in [0.05, 0.1) is 9.40 Å². The maximum atomic E-state index is 12.5. The van der Waals surface area contributed by atoms with Crippen LogP contribution in [0.3, 0.4) is 0 Å². The smallest absolute Gasteiger partial charge is 0.335 e. The molecule has 0 aromatic carbocycles. The average molecular weight is 385 g/mol. The predicted octanol–water partition coefficient (Wildman–Crippen LogP) is 2.23. The van der Waals surface area contributed by atoms with Crippen molar-refractivity contribution >= 4 is 33.4 Å². The number of rotatable bonds is 3. The summed E-state index contributed by atoms with van der Waals surface area (Å²) in [7, 11) is 0. The van der Waals surface area contributed by atoms with Crippen LogP contribution in [0.25, 0.3) is 0 Å². The minimum absolute atomic E-state index is 0.161. The van der Waals surface area contributed by atoms with Crippen LogP contribution in [0.2, 0.25) is 0 Å². The highest BCUT2D eigenvalue weighted by molar-refractivity contribution is 9.10. The van der Waals surface area contributed by atoms with Gasteiger partial charge in [0.15, 0.2) is 0 Å². The molecule has 0 radical (unpaired) electrons. The van der Waals surface area contributed by atoms with Gasteiger partial charge in [-0.3, -0.25) is 10.1 Å². The third-order valence-electron chi connectivity index (χ3n) is 2.11. The van der Waals surface area contributed by atoms with E-state index in [9.17, 15) is 23.3 Å². The number of nitrogen functional groups attached to an aromatic ring is 1. The van der Waals surface area contributed by atoms with Gasteiger partial charge < -0.3 is 5.84 Å². The fourth-order valence-electron chi connectivity index (χ4n) is 1.22. The molecule has 8 nitrogen and oxygen atoms in total. The van der Waals surface area contributed by atoms with Gasteiger partial charge in [-0.1, -0.05) is 0 Å². The summed E-state index contributed by atoms with van der Waals surface area (Å²) in [5.74, 6) is 3.91. The Morgan fingerprint density at radius 3 is 2.57 bits per heavy atom. The van der Waals surface area contributed by atoms with Crippen molar-refractivity contribution < 1.29 is 18.1 Å². The number of nitro groups is 1. The molecule has 13 heteroatoms. The van der Waals surface area contributed by atoms with Crippen LogP contribution in [0.1, 0.15) is 5.82 Å². The average Bonchev–Trinajstić information content (AvgIpc) is 2.73. The monoisotopic (exact) mass is 384 g/mol. The lowest BCUT2D eigenvalue weighted by atomic mass is 10.4. The van der Waals surface area contributed by atoms with E-state index >= 15 is 0 Å². The van der Waals surface area contributed by atoms with E-state index in [1.165, 1.54) is 0 Å². The van der Waals surface area contributed by atoms with Gasteiger partial charge >= 0.3 is 6.18 Å². The molecule has 0 amide bonds. The molecule has 0 atom stereocenters. The number of pyridine rings is 1. The predicted molar refractivity (Wildman–Crippen MR) is 67.9 cm³/mol. The molecular weight excluding hydrogens is 381 g/mol. The van der Waals surface area contributed by atoms with E-state index in [0.717, 1.165) is 12.3 Å². The van der Waals surface area contributed by atoms with Crippen molar-refractivity contribution in [2.75, 3.05) is 5.84 Å². The van der Waals surface area contributed by atoms with Crippen LogP contribution in [-0.4, -0.2) is 24.8 Å². The first-order chi connectivity index (χ1) is 9.70. The Bertz CT molecular complexity index is 706. The minimum atomic E-state index is -4.74. The molecule has 2 rings (SSSR count). The number of halogens is 4. The highest BCUT2D eigenvalue weighted by Crippen LogP contribution is 2.34. The van der Waals surface area contributed by atoms with Crippen LogP contribution < -0.4 is 5.84 Å². The molecule has 0 aliphatic carbocycles. The lowest BCUT2D eigenvalue weighted by Crippen LogP contribution is -2.21. The van der Waals surface area contributed by atoms with E-state index in [4.69, 9.17) is 5.84 Å². The lowest BCUT2D eigenvalue weighted by Gasteiger charge is -2.06. The van der Waals surface area contributed by atoms with E-state index in [0.29, 0.717) is 11.8 Å². The normalized spacial score (nSPS) is 11.6. The molecule has 2 aromatic rings. The first kappa shape index (κ1) is 15.5.